The molecule has 5 nitrogen and oxygen atoms in total. The van der Waals surface area contributed by atoms with Crippen LogP contribution in [-0.2, 0) is 4.79 Å². The number of carbonyl (C=O) groups is 1. The van der Waals surface area contributed by atoms with Crippen LogP contribution >= 0.6 is 0 Å². The van der Waals surface area contributed by atoms with Gasteiger partial charge in [0.15, 0.2) is 0 Å². The Bertz CT molecular complexity index is 743. The van der Waals surface area contributed by atoms with E-state index in [1.165, 1.54) is 212 Å². The number of amides is 1. The number of hydrogen-bond acceptors (Lipinski definition) is 4. The first-order valence-corrected chi connectivity index (χ1v) is 24.0. The van der Waals surface area contributed by atoms with Crippen molar-refractivity contribution in [2.24, 2.45) is 0 Å². The minimum atomic E-state index is -1.09. The van der Waals surface area contributed by atoms with E-state index in [4.69, 9.17) is 0 Å². The molecule has 0 aromatic carbocycles. The Morgan fingerprint density at radius 3 is 1.04 bits per heavy atom. The van der Waals surface area contributed by atoms with Gasteiger partial charge >= 0.3 is 0 Å². The summed E-state index contributed by atoms with van der Waals surface area (Å²) in [6, 6.07) is -0.793. The normalized spacial score (nSPS) is 13.5. The summed E-state index contributed by atoms with van der Waals surface area (Å²) in [5, 5.41) is 33.2. The Morgan fingerprint density at radius 2 is 0.736 bits per heavy atom. The maximum absolute atomic E-state index is 12.5. The second-order valence-electron chi connectivity index (χ2n) is 16.7. The van der Waals surface area contributed by atoms with E-state index in [9.17, 15) is 20.1 Å². The molecule has 0 aliphatic carbocycles. The Balaban J connectivity index is 3.61. The molecule has 4 N–H and O–H groups in total. The highest BCUT2D eigenvalue weighted by atomic mass is 16.3. The van der Waals surface area contributed by atoms with Crippen LogP contribution in [-0.4, -0.2) is 46.1 Å². The Kier molecular flexibility index (Phi) is 43.1. The summed E-state index contributed by atoms with van der Waals surface area (Å²) >= 11 is 0. The fraction of sp³-hybridized carbons (Fsp3) is 0.938. The largest absolute Gasteiger partial charge is 0.394 e. The molecule has 316 valence electrons. The van der Waals surface area contributed by atoms with Crippen LogP contribution in [0.2, 0.25) is 0 Å². The molecule has 0 aliphatic heterocycles. The van der Waals surface area contributed by atoms with E-state index in [1.54, 1.807) is 6.08 Å². The van der Waals surface area contributed by atoms with Gasteiger partial charge in [0.25, 0.3) is 0 Å². The molecule has 0 rings (SSSR count). The molecular weight excluding hydrogens is 655 g/mol. The molecule has 0 radical (unpaired) electrons. The van der Waals surface area contributed by atoms with Crippen LogP contribution in [0, 0.1) is 0 Å². The summed E-state index contributed by atoms with van der Waals surface area (Å²) in [7, 11) is 0. The van der Waals surface area contributed by atoms with E-state index in [1.807, 2.05) is 6.08 Å². The minimum Gasteiger partial charge on any atom is -0.394 e. The minimum absolute atomic E-state index is 0.359. The third-order valence-electron chi connectivity index (χ3n) is 11.4. The standard InChI is InChI=1S/C48H95NO4/c1-3-5-7-9-11-13-15-17-19-21-23-25-27-29-31-33-35-37-39-41-43-47(52)48(53)49-45(44-50)46(51)42-40-38-36-34-32-30-28-26-24-22-20-18-16-14-12-10-8-6-4-2/h40,42,45-47,50-52H,3-39,41,43-44H2,1-2H3,(H,49,53)/b42-40+. The number of aliphatic hydroxyl groups is 3. The summed E-state index contributed by atoms with van der Waals surface area (Å²) in [6.07, 6.45) is 52.5. The molecule has 0 saturated carbocycles. The molecule has 5 heteroatoms. The summed E-state index contributed by atoms with van der Waals surface area (Å²) in [5.41, 5.74) is 0. The number of nitrogens with one attached hydrogen (secondary N) is 1. The lowest BCUT2D eigenvalue weighted by Gasteiger charge is -2.21. The first-order chi connectivity index (χ1) is 26.1. The van der Waals surface area contributed by atoms with Gasteiger partial charge in [-0.15, -0.1) is 0 Å². The highest BCUT2D eigenvalue weighted by Gasteiger charge is 2.22. The zero-order valence-electron chi connectivity index (χ0n) is 35.9. The maximum atomic E-state index is 12.5. The van der Waals surface area contributed by atoms with Crippen LogP contribution in [0.25, 0.3) is 0 Å². The van der Waals surface area contributed by atoms with Crippen LogP contribution in [0.1, 0.15) is 264 Å². The summed E-state index contributed by atoms with van der Waals surface area (Å²) in [5.74, 6) is -0.498. The van der Waals surface area contributed by atoms with Gasteiger partial charge in [-0.2, -0.15) is 0 Å². The highest BCUT2D eigenvalue weighted by Crippen LogP contribution is 2.17. The van der Waals surface area contributed by atoms with Crippen molar-refractivity contribution in [2.75, 3.05) is 6.61 Å². The first-order valence-electron chi connectivity index (χ1n) is 24.0. The van der Waals surface area contributed by atoms with Crippen molar-refractivity contribution in [1.82, 2.24) is 5.32 Å². The van der Waals surface area contributed by atoms with E-state index in [0.717, 1.165) is 32.1 Å². The smallest absolute Gasteiger partial charge is 0.249 e. The second kappa shape index (κ2) is 43.8. The van der Waals surface area contributed by atoms with Gasteiger partial charge in [-0.3, -0.25) is 4.79 Å². The van der Waals surface area contributed by atoms with Gasteiger partial charge < -0.3 is 20.6 Å². The number of allylic oxidation sites excluding steroid dienone is 1. The van der Waals surface area contributed by atoms with Crippen LogP contribution in [0.5, 0.6) is 0 Å². The molecule has 0 saturated heterocycles. The lowest BCUT2D eigenvalue weighted by atomic mass is 10.0. The topological polar surface area (TPSA) is 89.8 Å². The highest BCUT2D eigenvalue weighted by molar-refractivity contribution is 5.80. The fourth-order valence-electron chi connectivity index (χ4n) is 7.60. The molecule has 0 aromatic heterocycles. The average Bonchev–Trinajstić information content (AvgIpc) is 3.16. The quantitative estimate of drug-likeness (QED) is 0.0369. The lowest BCUT2D eigenvalue weighted by molar-refractivity contribution is -0.131. The van der Waals surface area contributed by atoms with Gasteiger partial charge in [-0.25, -0.2) is 0 Å². The third kappa shape index (κ3) is 39.1. The Labute approximate surface area is 331 Å². The van der Waals surface area contributed by atoms with Crippen LogP contribution in [0.3, 0.4) is 0 Å². The monoisotopic (exact) mass is 750 g/mol. The van der Waals surface area contributed by atoms with Crippen LogP contribution in [0.15, 0.2) is 12.2 Å². The Hall–Kier alpha value is -0.910. The lowest BCUT2D eigenvalue weighted by Crippen LogP contribution is -2.48. The van der Waals surface area contributed by atoms with Gasteiger partial charge in [-0.05, 0) is 19.3 Å². The number of hydrogen-bond donors (Lipinski definition) is 4. The Morgan fingerprint density at radius 1 is 0.453 bits per heavy atom. The van der Waals surface area contributed by atoms with Crippen molar-refractivity contribution >= 4 is 5.91 Å². The van der Waals surface area contributed by atoms with E-state index < -0.39 is 24.2 Å². The molecule has 0 heterocycles. The third-order valence-corrected chi connectivity index (χ3v) is 11.4. The maximum Gasteiger partial charge on any atom is 0.249 e. The van der Waals surface area contributed by atoms with E-state index >= 15 is 0 Å². The number of unbranched alkanes of at least 4 members (excludes halogenated alkanes) is 36. The van der Waals surface area contributed by atoms with Crippen LogP contribution in [0.4, 0.5) is 0 Å². The summed E-state index contributed by atoms with van der Waals surface area (Å²) in [6.45, 7) is 4.21. The number of carbonyl (C=O) groups excluding carboxylic acids is 1. The van der Waals surface area contributed by atoms with Crippen LogP contribution < -0.4 is 5.32 Å². The molecular formula is C48H95NO4. The van der Waals surface area contributed by atoms with Crippen molar-refractivity contribution in [3.63, 3.8) is 0 Å². The predicted molar refractivity (Wildman–Crippen MR) is 232 cm³/mol. The SMILES string of the molecule is CCCCCCCCCCCCCCCCCCC/C=C/C(O)C(CO)NC(=O)C(O)CCCCCCCCCCCCCCCCCCCCCC. The predicted octanol–water partition coefficient (Wildman–Crippen LogP) is 14.0. The zero-order valence-corrected chi connectivity index (χ0v) is 35.9. The van der Waals surface area contributed by atoms with Crippen molar-refractivity contribution in [1.29, 1.82) is 0 Å². The van der Waals surface area contributed by atoms with E-state index in [-0.39, 0.29) is 6.61 Å². The van der Waals surface area contributed by atoms with E-state index in [0.29, 0.717) is 6.42 Å². The van der Waals surface area contributed by atoms with Gasteiger partial charge in [-0.1, -0.05) is 257 Å². The van der Waals surface area contributed by atoms with Gasteiger partial charge in [0.05, 0.1) is 18.8 Å². The van der Waals surface area contributed by atoms with Gasteiger partial charge in [0, 0.05) is 0 Å². The summed E-state index contributed by atoms with van der Waals surface area (Å²) < 4.78 is 0. The molecule has 0 aliphatic rings. The average molecular weight is 750 g/mol. The van der Waals surface area contributed by atoms with Crippen molar-refractivity contribution in [3.8, 4) is 0 Å². The molecule has 0 bridgehead atoms. The summed E-state index contributed by atoms with van der Waals surface area (Å²) in [4.78, 5) is 12.5. The molecule has 1 amide bonds. The molecule has 0 spiro atoms. The van der Waals surface area contributed by atoms with Crippen molar-refractivity contribution < 1.29 is 20.1 Å². The van der Waals surface area contributed by atoms with Crippen molar-refractivity contribution in [2.45, 2.75) is 283 Å². The van der Waals surface area contributed by atoms with Gasteiger partial charge in [0.2, 0.25) is 5.91 Å². The molecule has 53 heavy (non-hydrogen) atoms. The second-order valence-corrected chi connectivity index (χ2v) is 16.7. The number of aliphatic hydroxyl groups excluding tert-OH is 3. The number of rotatable bonds is 44. The molecule has 0 fully saturated rings. The zero-order chi connectivity index (χ0) is 38.7. The van der Waals surface area contributed by atoms with E-state index in [2.05, 4.69) is 19.2 Å². The van der Waals surface area contributed by atoms with Gasteiger partial charge in [0.1, 0.15) is 6.10 Å². The fourth-order valence-corrected chi connectivity index (χ4v) is 7.60. The first kappa shape index (κ1) is 52.1. The molecule has 0 aromatic rings. The molecule has 3 atom stereocenters. The van der Waals surface area contributed by atoms with Crippen molar-refractivity contribution in [3.05, 3.63) is 12.2 Å². The molecule has 3 unspecified atom stereocenters.